The minimum Gasteiger partial charge on any atom is -0.358 e. The SMILES string of the molecule is Cn1c(=O)c2c(=O)cc(N3CCCC3)[nH]c2n(C)c1=O. The van der Waals surface area contributed by atoms with Gasteiger partial charge in [-0.05, 0) is 12.8 Å². The maximum Gasteiger partial charge on any atom is 0.332 e. The number of nitrogens with zero attached hydrogens (tertiary/aromatic N) is 3. The van der Waals surface area contributed by atoms with Crippen molar-refractivity contribution in [3.05, 3.63) is 37.1 Å². The Labute approximate surface area is 114 Å². The molecule has 0 amide bonds. The summed E-state index contributed by atoms with van der Waals surface area (Å²) in [4.78, 5) is 41.3. The van der Waals surface area contributed by atoms with Crippen molar-refractivity contribution in [3.63, 3.8) is 0 Å². The number of pyridine rings is 1. The van der Waals surface area contributed by atoms with Crippen molar-refractivity contribution < 1.29 is 0 Å². The van der Waals surface area contributed by atoms with E-state index in [9.17, 15) is 14.4 Å². The predicted molar refractivity (Wildman–Crippen MR) is 76.5 cm³/mol. The third-order valence-electron chi connectivity index (χ3n) is 3.87. The quantitative estimate of drug-likeness (QED) is 0.763. The van der Waals surface area contributed by atoms with Crippen LogP contribution in [0.1, 0.15) is 12.8 Å². The molecule has 20 heavy (non-hydrogen) atoms. The molecule has 0 radical (unpaired) electrons. The van der Waals surface area contributed by atoms with E-state index in [1.807, 2.05) is 0 Å². The van der Waals surface area contributed by atoms with Crippen molar-refractivity contribution in [1.29, 1.82) is 0 Å². The number of anilines is 1. The summed E-state index contributed by atoms with van der Waals surface area (Å²) in [6.45, 7) is 1.75. The van der Waals surface area contributed by atoms with E-state index < -0.39 is 11.2 Å². The van der Waals surface area contributed by atoms with Crippen molar-refractivity contribution >= 4 is 16.9 Å². The highest BCUT2D eigenvalue weighted by molar-refractivity contribution is 5.76. The van der Waals surface area contributed by atoms with E-state index in [1.165, 1.54) is 17.7 Å². The zero-order valence-corrected chi connectivity index (χ0v) is 11.5. The van der Waals surface area contributed by atoms with Crippen molar-refractivity contribution in [2.24, 2.45) is 14.1 Å². The standard InChI is InChI=1S/C13H16N4O3/c1-15-11-10(12(19)16(2)13(15)20)8(18)7-9(14-11)17-5-3-4-6-17/h7H,3-6H2,1-2H3,(H,14,18). The van der Waals surface area contributed by atoms with Crippen LogP contribution in [0.15, 0.2) is 20.4 Å². The molecular formula is C13H16N4O3. The molecule has 0 spiro atoms. The summed E-state index contributed by atoms with van der Waals surface area (Å²) in [5.41, 5.74) is -1.07. The van der Waals surface area contributed by atoms with Crippen LogP contribution in [0.4, 0.5) is 5.82 Å². The number of nitrogens with one attached hydrogen (secondary N) is 1. The second-order valence-corrected chi connectivity index (χ2v) is 5.14. The number of rotatable bonds is 1. The van der Waals surface area contributed by atoms with Gasteiger partial charge in [0.2, 0.25) is 0 Å². The molecule has 106 valence electrons. The van der Waals surface area contributed by atoms with Gasteiger partial charge in [0, 0.05) is 33.3 Å². The maximum absolute atomic E-state index is 12.2. The number of aryl methyl sites for hydroxylation is 1. The molecule has 7 heteroatoms. The minimum atomic E-state index is -0.558. The van der Waals surface area contributed by atoms with Crippen LogP contribution in [0.5, 0.6) is 0 Å². The number of hydrogen-bond acceptors (Lipinski definition) is 4. The lowest BCUT2D eigenvalue weighted by atomic mass is 10.3. The van der Waals surface area contributed by atoms with Gasteiger partial charge in [-0.3, -0.25) is 18.7 Å². The average molecular weight is 276 g/mol. The molecule has 2 aromatic heterocycles. The Bertz CT molecular complexity index is 853. The maximum atomic E-state index is 12.2. The average Bonchev–Trinajstić information content (AvgIpc) is 2.96. The van der Waals surface area contributed by atoms with Crippen LogP contribution in [-0.2, 0) is 14.1 Å². The van der Waals surface area contributed by atoms with Crippen LogP contribution >= 0.6 is 0 Å². The first-order valence-corrected chi connectivity index (χ1v) is 6.58. The van der Waals surface area contributed by atoms with E-state index in [0.29, 0.717) is 5.82 Å². The molecule has 1 aliphatic rings. The second kappa shape index (κ2) is 4.36. The Morgan fingerprint density at radius 1 is 1.05 bits per heavy atom. The third kappa shape index (κ3) is 1.70. The molecule has 1 N–H and O–H groups in total. The van der Waals surface area contributed by atoms with Gasteiger partial charge >= 0.3 is 5.69 Å². The molecule has 2 aromatic rings. The second-order valence-electron chi connectivity index (χ2n) is 5.14. The topological polar surface area (TPSA) is 80.1 Å². The van der Waals surface area contributed by atoms with Gasteiger partial charge in [-0.1, -0.05) is 0 Å². The number of H-pyrrole nitrogens is 1. The van der Waals surface area contributed by atoms with Crippen LogP contribution in [0.2, 0.25) is 0 Å². The van der Waals surface area contributed by atoms with Gasteiger partial charge < -0.3 is 9.88 Å². The summed E-state index contributed by atoms with van der Waals surface area (Å²) in [7, 11) is 2.92. The lowest BCUT2D eigenvalue weighted by Gasteiger charge is -2.18. The highest BCUT2D eigenvalue weighted by atomic mass is 16.2. The minimum absolute atomic E-state index is 0.0255. The molecule has 7 nitrogen and oxygen atoms in total. The van der Waals surface area contributed by atoms with E-state index in [1.54, 1.807) is 7.05 Å². The van der Waals surface area contributed by atoms with Gasteiger partial charge in [-0.25, -0.2) is 4.79 Å². The summed E-state index contributed by atoms with van der Waals surface area (Å²) >= 11 is 0. The molecule has 0 atom stereocenters. The fourth-order valence-electron chi connectivity index (χ4n) is 2.69. The molecule has 0 aromatic carbocycles. The lowest BCUT2D eigenvalue weighted by Crippen LogP contribution is -2.39. The Morgan fingerprint density at radius 2 is 1.70 bits per heavy atom. The van der Waals surface area contributed by atoms with E-state index in [-0.39, 0.29) is 16.5 Å². The van der Waals surface area contributed by atoms with Crippen molar-refractivity contribution in [2.45, 2.75) is 12.8 Å². The van der Waals surface area contributed by atoms with Crippen LogP contribution in [0, 0.1) is 0 Å². The third-order valence-corrected chi connectivity index (χ3v) is 3.87. The monoisotopic (exact) mass is 276 g/mol. The van der Waals surface area contributed by atoms with Gasteiger partial charge in [-0.15, -0.1) is 0 Å². The van der Waals surface area contributed by atoms with Gasteiger partial charge in [0.05, 0.1) is 0 Å². The lowest BCUT2D eigenvalue weighted by molar-refractivity contribution is 0.706. The van der Waals surface area contributed by atoms with Crippen molar-refractivity contribution in [1.82, 2.24) is 14.1 Å². The fraction of sp³-hybridized carbons (Fsp3) is 0.462. The summed E-state index contributed by atoms with van der Waals surface area (Å²) in [6, 6.07) is 1.44. The summed E-state index contributed by atoms with van der Waals surface area (Å²) in [5.74, 6) is 0.670. The predicted octanol–water partition coefficient (Wildman–Crippen LogP) is -0.474. The first kappa shape index (κ1) is 12.7. The van der Waals surface area contributed by atoms with Gasteiger partial charge in [0.15, 0.2) is 5.43 Å². The van der Waals surface area contributed by atoms with Crippen molar-refractivity contribution in [3.8, 4) is 0 Å². The van der Waals surface area contributed by atoms with Crippen LogP contribution in [0.25, 0.3) is 11.0 Å². The molecule has 0 saturated carbocycles. The van der Waals surface area contributed by atoms with E-state index in [0.717, 1.165) is 30.5 Å². The number of aromatic nitrogens is 3. The smallest absolute Gasteiger partial charge is 0.332 e. The summed E-state index contributed by atoms with van der Waals surface area (Å²) < 4.78 is 2.25. The van der Waals surface area contributed by atoms with Crippen LogP contribution in [-0.4, -0.2) is 27.2 Å². The van der Waals surface area contributed by atoms with E-state index >= 15 is 0 Å². The summed E-state index contributed by atoms with van der Waals surface area (Å²) in [5, 5.41) is 0.0255. The number of hydrogen-bond donors (Lipinski definition) is 1. The van der Waals surface area contributed by atoms with Crippen LogP contribution in [0.3, 0.4) is 0 Å². The Morgan fingerprint density at radius 3 is 2.35 bits per heavy atom. The molecule has 3 rings (SSSR count). The van der Waals surface area contributed by atoms with Gasteiger partial charge in [0.25, 0.3) is 5.56 Å². The molecule has 3 heterocycles. The number of aromatic amines is 1. The Hall–Kier alpha value is -2.31. The number of fused-ring (bicyclic) bond motifs is 1. The zero-order chi connectivity index (χ0) is 14.4. The van der Waals surface area contributed by atoms with Crippen LogP contribution < -0.4 is 21.6 Å². The zero-order valence-electron chi connectivity index (χ0n) is 11.5. The Balaban J connectivity index is 2.40. The first-order chi connectivity index (χ1) is 9.50. The van der Waals surface area contributed by atoms with E-state index in [2.05, 4.69) is 9.88 Å². The highest BCUT2D eigenvalue weighted by Gasteiger charge is 2.17. The summed E-state index contributed by atoms with van der Waals surface area (Å²) in [6.07, 6.45) is 2.16. The molecule has 0 aliphatic carbocycles. The van der Waals surface area contributed by atoms with Gasteiger partial charge in [0.1, 0.15) is 16.9 Å². The molecule has 0 unspecified atom stereocenters. The molecule has 1 aliphatic heterocycles. The molecular weight excluding hydrogens is 260 g/mol. The van der Waals surface area contributed by atoms with E-state index in [4.69, 9.17) is 0 Å². The highest BCUT2D eigenvalue weighted by Crippen LogP contribution is 2.17. The van der Waals surface area contributed by atoms with Gasteiger partial charge in [-0.2, -0.15) is 0 Å². The molecule has 0 bridgehead atoms. The molecule has 1 fully saturated rings. The Kier molecular flexibility index (Phi) is 2.77. The first-order valence-electron chi connectivity index (χ1n) is 6.58. The van der Waals surface area contributed by atoms with Crippen molar-refractivity contribution in [2.75, 3.05) is 18.0 Å². The normalized spacial score (nSPS) is 15.2. The fourth-order valence-corrected chi connectivity index (χ4v) is 2.69. The largest absolute Gasteiger partial charge is 0.358 e. The molecule has 1 saturated heterocycles.